The van der Waals surface area contributed by atoms with Crippen LogP contribution in [0.1, 0.15) is 24.4 Å². The summed E-state index contributed by atoms with van der Waals surface area (Å²) in [5, 5.41) is 3.37. The summed E-state index contributed by atoms with van der Waals surface area (Å²) in [4.78, 5) is 0. The highest BCUT2D eigenvalue weighted by molar-refractivity contribution is 5.18. The molecule has 1 saturated heterocycles. The predicted octanol–water partition coefficient (Wildman–Crippen LogP) is 1.69. The Bertz CT molecular complexity index is 265. The quantitative estimate of drug-likeness (QED) is 0.761. The summed E-state index contributed by atoms with van der Waals surface area (Å²) in [6.07, 6.45) is 2.39. The minimum absolute atomic E-state index is 0.209. The SMILES string of the molecule is NC(CC1CCNC1)c1ccccc1. The molecule has 1 heterocycles. The first kappa shape index (κ1) is 9.69. The van der Waals surface area contributed by atoms with Gasteiger partial charge in [-0.3, -0.25) is 0 Å². The summed E-state index contributed by atoms with van der Waals surface area (Å²) in [5.41, 5.74) is 7.41. The van der Waals surface area contributed by atoms with Crippen molar-refractivity contribution in [1.29, 1.82) is 0 Å². The van der Waals surface area contributed by atoms with Gasteiger partial charge in [-0.2, -0.15) is 0 Å². The van der Waals surface area contributed by atoms with Crippen molar-refractivity contribution in [2.75, 3.05) is 13.1 Å². The summed E-state index contributed by atoms with van der Waals surface area (Å²) in [7, 11) is 0. The smallest absolute Gasteiger partial charge is 0.0297 e. The second kappa shape index (κ2) is 4.58. The Morgan fingerprint density at radius 1 is 1.36 bits per heavy atom. The highest BCUT2D eigenvalue weighted by Gasteiger charge is 2.18. The van der Waals surface area contributed by atoms with Crippen molar-refractivity contribution >= 4 is 0 Å². The maximum absolute atomic E-state index is 6.15. The van der Waals surface area contributed by atoms with E-state index in [0.29, 0.717) is 0 Å². The topological polar surface area (TPSA) is 38.0 Å². The van der Waals surface area contributed by atoms with Gasteiger partial charge < -0.3 is 11.1 Å². The van der Waals surface area contributed by atoms with Crippen molar-refractivity contribution in [3.63, 3.8) is 0 Å². The van der Waals surface area contributed by atoms with Gasteiger partial charge in [0, 0.05) is 6.04 Å². The Kier molecular flexibility index (Phi) is 3.17. The molecule has 14 heavy (non-hydrogen) atoms. The minimum Gasteiger partial charge on any atom is -0.324 e. The molecule has 2 atom stereocenters. The van der Waals surface area contributed by atoms with Gasteiger partial charge in [-0.1, -0.05) is 30.3 Å². The van der Waals surface area contributed by atoms with Crippen LogP contribution in [0.25, 0.3) is 0 Å². The van der Waals surface area contributed by atoms with Crippen molar-refractivity contribution in [2.45, 2.75) is 18.9 Å². The van der Waals surface area contributed by atoms with Crippen LogP contribution in [-0.4, -0.2) is 13.1 Å². The van der Waals surface area contributed by atoms with Gasteiger partial charge in [-0.25, -0.2) is 0 Å². The van der Waals surface area contributed by atoms with Crippen LogP contribution >= 0.6 is 0 Å². The predicted molar refractivity (Wildman–Crippen MR) is 59.0 cm³/mol. The second-order valence-corrected chi connectivity index (χ2v) is 4.11. The van der Waals surface area contributed by atoms with Crippen LogP contribution in [0.5, 0.6) is 0 Å². The average molecular weight is 190 g/mol. The van der Waals surface area contributed by atoms with E-state index < -0.39 is 0 Å². The zero-order valence-electron chi connectivity index (χ0n) is 8.45. The van der Waals surface area contributed by atoms with Gasteiger partial charge in [0.1, 0.15) is 0 Å². The third-order valence-electron chi connectivity index (χ3n) is 2.98. The van der Waals surface area contributed by atoms with Crippen LogP contribution in [0.3, 0.4) is 0 Å². The van der Waals surface area contributed by atoms with Gasteiger partial charge >= 0.3 is 0 Å². The summed E-state index contributed by atoms with van der Waals surface area (Å²) in [5.74, 6) is 0.769. The molecule has 0 bridgehead atoms. The van der Waals surface area contributed by atoms with E-state index in [9.17, 15) is 0 Å². The Labute approximate surface area is 85.5 Å². The number of nitrogens with one attached hydrogen (secondary N) is 1. The molecule has 3 N–H and O–H groups in total. The minimum atomic E-state index is 0.209. The maximum atomic E-state index is 6.15. The number of hydrogen-bond acceptors (Lipinski definition) is 2. The van der Waals surface area contributed by atoms with E-state index in [0.717, 1.165) is 25.4 Å². The van der Waals surface area contributed by atoms with Gasteiger partial charge in [-0.15, -0.1) is 0 Å². The lowest BCUT2D eigenvalue weighted by atomic mass is 9.95. The van der Waals surface area contributed by atoms with Crippen LogP contribution in [0, 0.1) is 5.92 Å². The number of rotatable bonds is 3. The van der Waals surface area contributed by atoms with Crippen molar-refractivity contribution in [3.05, 3.63) is 35.9 Å². The van der Waals surface area contributed by atoms with Crippen molar-refractivity contribution in [1.82, 2.24) is 5.32 Å². The number of hydrogen-bond donors (Lipinski definition) is 2. The molecule has 0 amide bonds. The van der Waals surface area contributed by atoms with Gasteiger partial charge in [0.25, 0.3) is 0 Å². The molecule has 0 saturated carbocycles. The fourth-order valence-corrected chi connectivity index (χ4v) is 2.11. The second-order valence-electron chi connectivity index (χ2n) is 4.11. The van der Waals surface area contributed by atoms with Crippen LogP contribution in [0.4, 0.5) is 0 Å². The molecule has 76 valence electrons. The highest BCUT2D eigenvalue weighted by Crippen LogP contribution is 2.22. The zero-order chi connectivity index (χ0) is 9.80. The van der Waals surface area contributed by atoms with Gasteiger partial charge in [0.05, 0.1) is 0 Å². The van der Waals surface area contributed by atoms with E-state index >= 15 is 0 Å². The first-order valence-electron chi connectivity index (χ1n) is 5.37. The van der Waals surface area contributed by atoms with Gasteiger partial charge in [-0.05, 0) is 37.4 Å². The monoisotopic (exact) mass is 190 g/mol. The van der Waals surface area contributed by atoms with E-state index in [4.69, 9.17) is 5.73 Å². The summed E-state index contributed by atoms with van der Waals surface area (Å²) < 4.78 is 0. The molecule has 1 aliphatic rings. The molecular weight excluding hydrogens is 172 g/mol. The van der Waals surface area contributed by atoms with Crippen molar-refractivity contribution in [3.8, 4) is 0 Å². The zero-order valence-corrected chi connectivity index (χ0v) is 8.45. The lowest BCUT2D eigenvalue weighted by Gasteiger charge is -2.15. The lowest BCUT2D eigenvalue weighted by Crippen LogP contribution is -2.17. The van der Waals surface area contributed by atoms with Crippen LogP contribution in [0.2, 0.25) is 0 Å². The summed E-state index contributed by atoms with van der Waals surface area (Å²) >= 11 is 0. The Hall–Kier alpha value is -0.860. The first-order chi connectivity index (χ1) is 6.86. The lowest BCUT2D eigenvalue weighted by molar-refractivity contribution is 0.473. The van der Waals surface area contributed by atoms with E-state index in [1.165, 1.54) is 12.0 Å². The van der Waals surface area contributed by atoms with Crippen molar-refractivity contribution < 1.29 is 0 Å². The highest BCUT2D eigenvalue weighted by atomic mass is 14.9. The number of benzene rings is 1. The molecule has 1 aromatic carbocycles. The fraction of sp³-hybridized carbons (Fsp3) is 0.500. The van der Waals surface area contributed by atoms with Gasteiger partial charge in [0.2, 0.25) is 0 Å². The Balaban J connectivity index is 1.92. The molecule has 1 aromatic rings. The third kappa shape index (κ3) is 2.34. The Morgan fingerprint density at radius 3 is 2.79 bits per heavy atom. The summed E-state index contributed by atoms with van der Waals surface area (Å²) in [6, 6.07) is 10.6. The average Bonchev–Trinajstić information content (AvgIpc) is 2.72. The molecular formula is C12H18N2. The molecule has 0 spiro atoms. The molecule has 0 aromatic heterocycles. The van der Waals surface area contributed by atoms with Gasteiger partial charge in [0.15, 0.2) is 0 Å². The molecule has 2 rings (SSSR count). The number of nitrogens with two attached hydrogens (primary N) is 1. The molecule has 1 aliphatic heterocycles. The van der Waals surface area contributed by atoms with Crippen molar-refractivity contribution in [2.24, 2.45) is 11.7 Å². The molecule has 1 fully saturated rings. The van der Waals surface area contributed by atoms with Crippen LogP contribution < -0.4 is 11.1 Å². The molecule has 2 nitrogen and oxygen atoms in total. The van der Waals surface area contributed by atoms with Crippen LogP contribution in [0.15, 0.2) is 30.3 Å². The molecule has 2 unspecified atom stereocenters. The molecule has 0 aliphatic carbocycles. The normalized spacial score (nSPS) is 23.6. The third-order valence-corrected chi connectivity index (χ3v) is 2.98. The first-order valence-corrected chi connectivity index (χ1v) is 5.37. The van der Waals surface area contributed by atoms with E-state index in [2.05, 4.69) is 29.6 Å². The standard InChI is InChI=1S/C12H18N2/c13-12(8-10-6-7-14-9-10)11-4-2-1-3-5-11/h1-5,10,12,14H,6-9,13H2. The Morgan fingerprint density at radius 2 is 2.14 bits per heavy atom. The fourth-order valence-electron chi connectivity index (χ4n) is 2.11. The largest absolute Gasteiger partial charge is 0.324 e. The van der Waals surface area contributed by atoms with E-state index in [1.807, 2.05) is 6.07 Å². The molecule has 2 heteroatoms. The van der Waals surface area contributed by atoms with E-state index in [1.54, 1.807) is 0 Å². The maximum Gasteiger partial charge on any atom is 0.0297 e. The van der Waals surface area contributed by atoms with Crippen LogP contribution in [-0.2, 0) is 0 Å². The van der Waals surface area contributed by atoms with E-state index in [-0.39, 0.29) is 6.04 Å². The summed E-state index contributed by atoms with van der Waals surface area (Å²) in [6.45, 7) is 2.30. The molecule has 0 radical (unpaired) electrons.